The summed E-state index contributed by atoms with van der Waals surface area (Å²) in [6.45, 7) is 4.13. The lowest BCUT2D eigenvalue weighted by atomic mass is 9.75. The van der Waals surface area contributed by atoms with E-state index >= 15 is 0 Å². The van der Waals surface area contributed by atoms with Gasteiger partial charge in [-0.1, -0.05) is 29.8 Å². The third-order valence-corrected chi connectivity index (χ3v) is 5.46. The predicted molar refractivity (Wildman–Crippen MR) is 124 cm³/mol. The zero-order chi connectivity index (χ0) is 24.7. The van der Waals surface area contributed by atoms with E-state index in [1.165, 1.54) is 7.11 Å². The molecule has 2 atom stereocenters. The molecular formula is C22H26ClN5O6. The number of esters is 2. The highest BCUT2D eigenvalue weighted by molar-refractivity contribution is 6.31. The molecule has 0 fully saturated rings. The smallest absolute Gasteiger partial charge is 0.336 e. The number of ether oxygens (including phenoxy) is 3. The van der Waals surface area contributed by atoms with Crippen LogP contribution in [0.2, 0.25) is 5.02 Å². The van der Waals surface area contributed by atoms with Crippen LogP contribution in [0.25, 0.3) is 0 Å². The van der Waals surface area contributed by atoms with Crippen LogP contribution < -0.4 is 11.1 Å². The van der Waals surface area contributed by atoms with Gasteiger partial charge in [0.15, 0.2) is 0 Å². The Balaban J connectivity index is 1.90. The first-order valence-electron chi connectivity index (χ1n) is 10.6. The molecule has 34 heavy (non-hydrogen) atoms. The van der Waals surface area contributed by atoms with Crippen LogP contribution in [0.15, 0.2) is 45.1 Å². The number of aromatic nitrogens is 2. The van der Waals surface area contributed by atoms with Crippen LogP contribution in [-0.4, -0.2) is 61.3 Å². The minimum absolute atomic E-state index is 0.00358. The predicted octanol–water partition coefficient (Wildman–Crippen LogP) is 2.60. The summed E-state index contributed by atoms with van der Waals surface area (Å²) in [6.07, 6.45) is 0. The quantitative estimate of drug-likeness (QED) is 0.374. The number of nitrogens with zero attached hydrogens (tertiary/aromatic N) is 3. The Morgan fingerprint density at radius 3 is 2.71 bits per heavy atom. The van der Waals surface area contributed by atoms with Crippen molar-refractivity contribution in [1.82, 2.24) is 10.1 Å². The zero-order valence-corrected chi connectivity index (χ0v) is 19.8. The first-order chi connectivity index (χ1) is 16.4. The van der Waals surface area contributed by atoms with Crippen molar-refractivity contribution in [2.75, 3.05) is 44.5 Å². The van der Waals surface area contributed by atoms with Gasteiger partial charge in [-0.2, -0.15) is 4.98 Å². The summed E-state index contributed by atoms with van der Waals surface area (Å²) in [6, 6.07) is 6.96. The molecule has 2 aromatic rings. The van der Waals surface area contributed by atoms with E-state index < -0.39 is 23.8 Å². The maximum atomic E-state index is 13.1. The highest BCUT2D eigenvalue weighted by atomic mass is 35.5. The van der Waals surface area contributed by atoms with Gasteiger partial charge in [0.1, 0.15) is 5.92 Å². The first-order valence-corrected chi connectivity index (χ1v) is 10.9. The average Bonchev–Trinajstić information content (AvgIpc) is 3.23. The Bertz CT molecular complexity index is 1100. The van der Waals surface area contributed by atoms with Gasteiger partial charge in [-0.05, 0) is 30.6 Å². The maximum absolute atomic E-state index is 13.1. The fraction of sp³-hybridized carbons (Fsp3) is 0.409. The molecule has 12 heteroatoms. The fourth-order valence-corrected chi connectivity index (χ4v) is 3.95. The van der Waals surface area contributed by atoms with E-state index in [1.807, 2.05) is 0 Å². The van der Waals surface area contributed by atoms with Crippen LogP contribution in [0.3, 0.4) is 0 Å². The van der Waals surface area contributed by atoms with Crippen LogP contribution in [0.4, 0.5) is 12.0 Å². The van der Waals surface area contributed by atoms with Crippen molar-refractivity contribution in [1.29, 1.82) is 0 Å². The number of halogens is 1. The third kappa shape index (κ3) is 5.72. The van der Waals surface area contributed by atoms with Crippen LogP contribution in [0, 0.1) is 5.92 Å². The number of nitrogens with two attached hydrogens (primary N) is 1. The molecule has 0 radical (unpaired) electrons. The summed E-state index contributed by atoms with van der Waals surface area (Å²) in [5.41, 5.74) is 7.00. The Morgan fingerprint density at radius 1 is 1.29 bits per heavy atom. The van der Waals surface area contributed by atoms with Crippen molar-refractivity contribution in [3.8, 4) is 0 Å². The SMILES string of the molecule is CCOC(=O)C1=C(COCCNc2noc(N)n2)N=C(C)C(C(=O)OC)C1c1ccccc1Cl. The van der Waals surface area contributed by atoms with Gasteiger partial charge in [0.2, 0.25) is 0 Å². The lowest BCUT2D eigenvalue weighted by molar-refractivity contribution is -0.144. The van der Waals surface area contributed by atoms with Crippen molar-refractivity contribution in [2.45, 2.75) is 19.8 Å². The number of carbonyl (C=O) groups is 2. The van der Waals surface area contributed by atoms with Gasteiger partial charge in [0.05, 0.1) is 38.2 Å². The van der Waals surface area contributed by atoms with Crippen molar-refractivity contribution in [3.63, 3.8) is 0 Å². The molecule has 0 saturated heterocycles. The van der Waals surface area contributed by atoms with Gasteiger partial charge < -0.3 is 29.8 Å². The second-order valence-corrected chi connectivity index (χ2v) is 7.68. The van der Waals surface area contributed by atoms with Crippen molar-refractivity contribution in [3.05, 3.63) is 46.1 Å². The first kappa shape index (κ1) is 25.2. The minimum Gasteiger partial charge on any atom is -0.468 e. The normalized spacial score (nSPS) is 17.8. The number of rotatable bonds is 10. The topological polar surface area (TPSA) is 151 Å². The average molecular weight is 492 g/mol. The molecule has 0 saturated carbocycles. The number of aliphatic imine (C=N–C) groups is 1. The number of anilines is 2. The molecule has 1 aromatic heterocycles. The molecule has 0 bridgehead atoms. The summed E-state index contributed by atoms with van der Waals surface area (Å²) < 4.78 is 20.8. The van der Waals surface area contributed by atoms with E-state index in [2.05, 4.69) is 25.0 Å². The maximum Gasteiger partial charge on any atom is 0.336 e. The number of nitrogen functional groups attached to an aromatic ring is 1. The van der Waals surface area contributed by atoms with E-state index in [0.717, 1.165) is 0 Å². The number of hydrogen-bond donors (Lipinski definition) is 2. The van der Waals surface area contributed by atoms with Gasteiger partial charge >= 0.3 is 18.0 Å². The van der Waals surface area contributed by atoms with E-state index in [4.69, 9.17) is 31.5 Å². The number of nitrogens with one attached hydrogen (secondary N) is 1. The van der Waals surface area contributed by atoms with Crippen molar-refractivity contribution < 1.29 is 28.3 Å². The van der Waals surface area contributed by atoms with E-state index in [0.29, 0.717) is 28.5 Å². The molecule has 11 nitrogen and oxygen atoms in total. The van der Waals surface area contributed by atoms with Gasteiger partial charge in [-0.25, -0.2) is 4.79 Å². The van der Waals surface area contributed by atoms with Crippen molar-refractivity contribution in [2.24, 2.45) is 10.9 Å². The largest absolute Gasteiger partial charge is 0.468 e. The third-order valence-electron chi connectivity index (χ3n) is 5.12. The number of methoxy groups -OCH3 is 1. The lowest BCUT2D eigenvalue weighted by Crippen LogP contribution is -2.37. The van der Waals surface area contributed by atoms with Crippen LogP contribution >= 0.6 is 11.6 Å². The van der Waals surface area contributed by atoms with Gasteiger partial charge in [0.25, 0.3) is 5.95 Å². The molecule has 3 N–H and O–H groups in total. The molecule has 2 heterocycles. The second kappa shape index (κ2) is 11.6. The molecule has 1 aliphatic heterocycles. The molecule has 0 amide bonds. The summed E-state index contributed by atoms with van der Waals surface area (Å²) in [5.74, 6) is -2.50. The van der Waals surface area contributed by atoms with Crippen molar-refractivity contribution >= 4 is 41.2 Å². The molecule has 182 valence electrons. The molecule has 1 aliphatic rings. The number of carbonyl (C=O) groups excluding carboxylic acids is 2. The lowest BCUT2D eigenvalue weighted by Gasteiger charge is -2.32. The van der Waals surface area contributed by atoms with Gasteiger partial charge in [0, 0.05) is 23.2 Å². The number of benzene rings is 1. The van der Waals surface area contributed by atoms with E-state index in [1.54, 1.807) is 38.1 Å². The molecule has 0 spiro atoms. The zero-order valence-electron chi connectivity index (χ0n) is 19.0. The van der Waals surface area contributed by atoms with Crippen LogP contribution in [0.5, 0.6) is 0 Å². The summed E-state index contributed by atoms with van der Waals surface area (Å²) in [5, 5.41) is 6.93. The van der Waals surface area contributed by atoms with E-state index in [9.17, 15) is 9.59 Å². The minimum atomic E-state index is -0.849. The van der Waals surface area contributed by atoms with E-state index in [-0.39, 0.29) is 37.4 Å². The monoisotopic (exact) mass is 491 g/mol. The second-order valence-electron chi connectivity index (χ2n) is 7.27. The Morgan fingerprint density at radius 2 is 2.06 bits per heavy atom. The molecular weight excluding hydrogens is 466 g/mol. The molecule has 2 unspecified atom stereocenters. The van der Waals surface area contributed by atoms with Crippen LogP contribution in [0.1, 0.15) is 25.3 Å². The Kier molecular flexibility index (Phi) is 8.61. The fourth-order valence-electron chi connectivity index (χ4n) is 3.70. The molecule has 0 aliphatic carbocycles. The highest BCUT2D eigenvalue weighted by Crippen LogP contribution is 2.42. The Hall–Kier alpha value is -3.44. The molecule has 3 rings (SSSR count). The standard InChI is InChI=1S/C22H26ClN5O6/c1-4-33-20(30)18-15(11-32-10-9-25-22-27-21(24)34-28-22)26-12(2)16(19(29)31-3)17(18)13-7-5-6-8-14(13)23/h5-8,16-17H,4,9-11H2,1-3H3,(H3,24,25,27,28). The summed E-state index contributed by atoms with van der Waals surface area (Å²) in [4.78, 5) is 34.2. The van der Waals surface area contributed by atoms with Gasteiger partial charge in [-0.3, -0.25) is 9.79 Å². The Labute approximate surface area is 201 Å². The van der Waals surface area contributed by atoms with Crippen LogP contribution in [-0.2, 0) is 23.8 Å². The number of hydrogen-bond acceptors (Lipinski definition) is 11. The highest BCUT2D eigenvalue weighted by Gasteiger charge is 2.43. The summed E-state index contributed by atoms with van der Waals surface area (Å²) in [7, 11) is 1.29. The summed E-state index contributed by atoms with van der Waals surface area (Å²) >= 11 is 6.48. The van der Waals surface area contributed by atoms with Gasteiger partial charge in [-0.15, -0.1) is 0 Å². The molecule has 1 aromatic carbocycles.